The summed E-state index contributed by atoms with van der Waals surface area (Å²) < 4.78 is 137. The minimum Gasteiger partial charge on any atom is -0.244 e. The van der Waals surface area contributed by atoms with Gasteiger partial charge in [0.15, 0.2) is 0 Å². The molecule has 0 saturated heterocycles. The van der Waals surface area contributed by atoms with E-state index < -0.39 is 36.1 Å². The van der Waals surface area contributed by atoms with Gasteiger partial charge in [0.25, 0.3) is 5.83 Å². The van der Waals surface area contributed by atoms with Crippen molar-refractivity contribution in [2.75, 3.05) is 0 Å². The van der Waals surface area contributed by atoms with E-state index in [0.29, 0.717) is 0 Å². The third-order valence-corrected chi connectivity index (χ3v) is 1.59. The minimum absolute atomic E-state index is 0.943. The second-order valence-corrected chi connectivity index (χ2v) is 3.02. The number of nitrogens with zero attached hydrogens (tertiary/aromatic N) is 3. The molecule has 0 atom stereocenters. The molecule has 0 bridgehead atoms. The summed E-state index contributed by atoms with van der Waals surface area (Å²) in [5.74, 6) is -10.9. The number of rotatable bonds is 6. The third-order valence-electron chi connectivity index (χ3n) is 1.59. The second-order valence-electron chi connectivity index (χ2n) is 3.02. The molecule has 0 fully saturated rings. The smallest absolute Gasteiger partial charge is 0.244 e. The first kappa shape index (κ1) is 19.2. The Morgan fingerprint density at radius 3 is 1.67 bits per heavy atom. The maximum atomic E-state index is 12.6. The van der Waals surface area contributed by atoms with Crippen molar-refractivity contribution in [1.82, 2.24) is 0 Å². The van der Waals surface area contributed by atoms with Crippen molar-refractivity contribution in [3.8, 4) is 0 Å². The van der Waals surface area contributed by atoms with Crippen LogP contribution in [-0.2, 0) is 4.74 Å². The molecule has 0 N–H and O–H groups in total. The van der Waals surface area contributed by atoms with Crippen LogP contribution in [0, 0.1) is 0 Å². The zero-order valence-corrected chi connectivity index (χ0v) is 8.91. The number of alkyl halides is 8. The van der Waals surface area contributed by atoms with Crippen LogP contribution in [0.25, 0.3) is 10.4 Å². The van der Waals surface area contributed by atoms with Gasteiger partial charge in [0.1, 0.15) is 0 Å². The van der Waals surface area contributed by atoms with Gasteiger partial charge in [-0.05, 0) is 10.6 Å². The summed E-state index contributed by atoms with van der Waals surface area (Å²) in [6.45, 7) is 0. The average molecular weight is 339 g/mol. The molecule has 0 aromatic heterocycles. The molecule has 122 valence electrons. The zero-order valence-electron chi connectivity index (χ0n) is 8.91. The van der Waals surface area contributed by atoms with Gasteiger partial charge in [0.2, 0.25) is 0 Å². The van der Waals surface area contributed by atoms with Crippen LogP contribution in [0.1, 0.15) is 0 Å². The van der Waals surface area contributed by atoms with E-state index in [4.69, 9.17) is 5.53 Å². The molecule has 0 radical (unpaired) electrons. The van der Waals surface area contributed by atoms with Crippen LogP contribution < -0.4 is 0 Å². The van der Waals surface area contributed by atoms with Crippen LogP contribution in [-0.4, -0.2) is 24.2 Å². The van der Waals surface area contributed by atoms with Gasteiger partial charge >= 0.3 is 30.3 Å². The Morgan fingerprint density at radius 2 is 1.33 bits per heavy atom. The van der Waals surface area contributed by atoms with E-state index in [0.717, 1.165) is 10.0 Å². The van der Waals surface area contributed by atoms with Crippen molar-refractivity contribution < 1.29 is 53.0 Å². The molecule has 0 heterocycles. The van der Waals surface area contributed by atoms with Gasteiger partial charge < -0.3 is 0 Å². The van der Waals surface area contributed by atoms with Crippen LogP contribution in [0.15, 0.2) is 17.0 Å². The van der Waals surface area contributed by atoms with Crippen LogP contribution in [0.3, 0.4) is 0 Å². The molecule has 0 aromatic carbocycles. The first-order valence-corrected chi connectivity index (χ1v) is 4.11. The first-order chi connectivity index (χ1) is 9.12. The molecule has 0 rings (SSSR count). The van der Waals surface area contributed by atoms with Gasteiger partial charge in [0.05, 0.1) is 0 Å². The summed E-state index contributed by atoms with van der Waals surface area (Å²) in [7, 11) is 0. The molecule has 0 aliphatic carbocycles. The van der Waals surface area contributed by atoms with Crippen LogP contribution in [0.2, 0.25) is 0 Å². The largest absolute Gasteiger partial charge is 0.430 e. The fraction of sp³-hybridized carbons (Fsp3) is 0.667. The maximum absolute atomic E-state index is 12.6. The van der Waals surface area contributed by atoms with E-state index >= 15 is 0 Å². The standard InChI is InChI=1S/C6F11N3O/c7-1(2(8)9)3(10,11)21-6(16,17)4(12,13)5(14,15)19-20-18. The first-order valence-electron chi connectivity index (χ1n) is 4.11. The number of azide groups is 1. The lowest BCUT2D eigenvalue weighted by molar-refractivity contribution is -0.451. The molecule has 0 aliphatic heterocycles. The van der Waals surface area contributed by atoms with Crippen molar-refractivity contribution in [1.29, 1.82) is 0 Å². The van der Waals surface area contributed by atoms with E-state index in [1.165, 1.54) is 0 Å². The highest BCUT2D eigenvalue weighted by Gasteiger charge is 2.75. The highest BCUT2D eigenvalue weighted by Crippen LogP contribution is 2.50. The fourth-order valence-electron chi connectivity index (χ4n) is 0.674. The highest BCUT2D eigenvalue weighted by molar-refractivity contribution is 5.01. The lowest BCUT2D eigenvalue weighted by atomic mass is 10.2. The second kappa shape index (κ2) is 5.55. The maximum Gasteiger partial charge on any atom is 0.430 e. The van der Waals surface area contributed by atoms with Gasteiger partial charge in [-0.3, -0.25) is 0 Å². The normalized spacial score (nSPS) is 13.7. The van der Waals surface area contributed by atoms with Crippen molar-refractivity contribution in [3.63, 3.8) is 0 Å². The van der Waals surface area contributed by atoms with E-state index in [1.807, 2.05) is 0 Å². The van der Waals surface area contributed by atoms with Gasteiger partial charge in [-0.15, -0.1) is 0 Å². The summed E-state index contributed by atoms with van der Waals surface area (Å²) >= 11 is 0. The molecule has 4 nitrogen and oxygen atoms in total. The molecule has 0 saturated carbocycles. The summed E-state index contributed by atoms with van der Waals surface area (Å²) in [6.07, 6.45) is -17.1. The Kier molecular flexibility index (Phi) is 5.09. The van der Waals surface area contributed by atoms with E-state index in [-0.39, 0.29) is 0 Å². The molecule has 15 heteroatoms. The zero-order chi connectivity index (χ0) is 17.3. The molecular formula is C6F11N3O. The molecule has 21 heavy (non-hydrogen) atoms. The summed E-state index contributed by atoms with van der Waals surface area (Å²) in [5.41, 5.74) is 7.47. The Labute approximate surface area is 106 Å². The predicted molar refractivity (Wildman–Crippen MR) is 40.4 cm³/mol. The Bertz CT molecular complexity index is 476. The van der Waals surface area contributed by atoms with Gasteiger partial charge in [-0.2, -0.15) is 48.3 Å². The van der Waals surface area contributed by atoms with Crippen molar-refractivity contribution in [2.45, 2.75) is 24.2 Å². The third kappa shape index (κ3) is 3.66. The summed E-state index contributed by atoms with van der Waals surface area (Å²) in [4.78, 5) is 1.06. The van der Waals surface area contributed by atoms with Gasteiger partial charge in [-0.1, -0.05) is 0 Å². The monoisotopic (exact) mass is 339 g/mol. The highest BCUT2D eigenvalue weighted by atomic mass is 19.4. The lowest BCUT2D eigenvalue weighted by Crippen LogP contribution is -2.56. The van der Waals surface area contributed by atoms with Gasteiger partial charge in [0, 0.05) is 4.91 Å². The quantitative estimate of drug-likeness (QED) is 0.225. The van der Waals surface area contributed by atoms with Crippen LogP contribution in [0.5, 0.6) is 0 Å². The molecule has 0 aromatic rings. The van der Waals surface area contributed by atoms with E-state index in [2.05, 4.69) is 0 Å². The minimum atomic E-state index is -6.90. The van der Waals surface area contributed by atoms with Crippen molar-refractivity contribution >= 4 is 0 Å². The van der Waals surface area contributed by atoms with E-state index in [9.17, 15) is 48.3 Å². The van der Waals surface area contributed by atoms with Crippen LogP contribution in [0.4, 0.5) is 48.3 Å². The molecule has 0 spiro atoms. The number of halogens is 11. The SMILES string of the molecule is [N-]=[N+]=NC(F)(F)C(F)(F)C(F)(F)OC(F)(F)C(F)=C(F)F. The number of hydrogen-bond donors (Lipinski definition) is 0. The Balaban J connectivity index is 5.70. The number of hydrogen-bond acceptors (Lipinski definition) is 2. The number of ether oxygens (including phenoxy) is 1. The molecule has 0 unspecified atom stereocenters. The summed E-state index contributed by atoms with van der Waals surface area (Å²) in [6, 6.07) is -6.28. The van der Waals surface area contributed by atoms with E-state index in [1.54, 1.807) is 4.74 Å². The van der Waals surface area contributed by atoms with Crippen molar-refractivity contribution in [3.05, 3.63) is 22.4 Å². The molecular weight excluding hydrogens is 339 g/mol. The summed E-state index contributed by atoms with van der Waals surface area (Å²) in [5, 5.41) is 0.943. The molecule has 0 amide bonds. The average Bonchev–Trinajstić information content (AvgIpc) is 2.25. The lowest BCUT2D eigenvalue weighted by Gasteiger charge is -2.31. The predicted octanol–water partition coefficient (Wildman–Crippen LogP) is 4.80. The Hall–Kier alpha value is -1.76. The van der Waals surface area contributed by atoms with Gasteiger partial charge in [-0.25, -0.2) is 4.74 Å². The van der Waals surface area contributed by atoms with Crippen molar-refractivity contribution in [2.24, 2.45) is 5.11 Å². The molecule has 0 aliphatic rings. The van der Waals surface area contributed by atoms with Crippen LogP contribution >= 0.6 is 0 Å². The topological polar surface area (TPSA) is 58.0 Å². The fourth-order valence-corrected chi connectivity index (χ4v) is 0.674. The Morgan fingerprint density at radius 1 is 0.905 bits per heavy atom.